The molecule has 42 heavy (non-hydrogen) atoms. The fraction of sp³-hybridized carbons (Fsp3) is 0.233. The topological polar surface area (TPSA) is 131 Å². The third-order valence-corrected chi connectivity index (χ3v) is 8.80. The number of nitrogens with zero attached hydrogens (tertiary/aromatic N) is 6. The Bertz CT molecular complexity index is 1830. The van der Waals surface area contributed by atoms with Gasteiger partial charge in [0, 0.05) is 40.9 Å². The monoisotopic (exact) mass is 580 g/mol. The summed E-state index contributed by atoms with van der Waals surface area (Å²) in [6.45, 7) is 4.19. The lowest BCUT2D eigenvalue weighted by Crippen LogP contribution is -2.32. The van der Waals surface area contributed by atoms with E-state index in [4.69, 9.17) is 9.40 Å². The molecule has 0 bridgehead atoms. The highest BCUT2D eigenvalue weighted by molar-refractivity contribution is 7.15. The second-order valence-electron chi connectivity index (χ2n) is 10.5. The van der Waals surface area contributed by atoms with Gasteiger partial charge in [-0.3, -0.25) is 4.79 Å². The maximum Gasteiger partial charge on any atom is 0.317 e. The molecule has 0 unspecified atom stereocenters. The molecule has 5 aromatic rings. The third kappa shape index (κ3) is 4.73. The van der Waals surface area contributed by atoms with Gasteiger partial charge in [0.2, 0.25) is 6.17 Å². The van der Waals surface area contributed by atoms with Gasteiger partial charge in [0.05, 0.1) is 21.3 Å². The number of nitrogens with one attached hydrogen (secondary N) is 2. The molecule has 7 rings (SSSR count). The van der Waals surface area contributed by atoms with Crippen LogP contribution in [-0.2, 0) is 16.6 Å². The first-order valence-corrected chi connectivity index (χ1v) is 14.4. The Labute approximate surface area is 244 Å². The van der Waals surface area contributed by atoms with Gasteiger partial charge in [-0.05, 0) is 18.9 Å². The number of amides is 1. The highest BCUT2D eigenvalue weighted by Crippen LogP contribution is 2.51. The van der Waals surface area contributed by atoms with E-state index in [9.17, 15) is 9.18 Å². The summed E-state index contributed by atoms with van der Waals surface area (Å²) in [5, 5.41) is 15.0. The molecule has 1 saturated carbocycles. The van der Waals surface area contributed by atoms with Crippen molar-refractivity contribution in [2.45, 2.75) is 44.7 Å². The molecule has 1 fully saturated rings. The van der Waals surface area contributed by atoms with Crippen molar-refractivity contribution in [1.29, 1.82) is 0 Å². The van der Waals surface area contributed by atoms with Crippen molar-refractivity contribution in [1.82, 2.24) is 25.1 Å². The predicted molar refractivity (Wildman–Crippen MR) is 157 cm³/mol. The van der Waals surface area contributed by atoms with Crippen molar-refractivity contribution in [3.63, 3.8) is 0 Å². The van der Waals surface area contributed by atoms with Crippen LogP contribution in [0.1, 0.15) is 48.6 Å². The van der Waals surface area contributed by atoms with Gasteiger partial charge in [-0.2, -0.15) is 0 Å². The van der Waals surface area contributed by atoms with Crippen LogP contribution >= 0.6 is 11.3 Å². The molecule has 2 aromatic carbocycles. The first-order valence-electron chi connectivity index (χ1n) is 13.6. The molecule has 12 heteroatoms. The molecule has 1 aliphatic carbocycles. The molecule has 1 amide bonds. The second-order valence-corrected chi connectivity index (χ2v) is 11.5. The van der Waals surface area contributed by atoms with E-state index in [2.05, 4.69) is 42.7 Å². The Morgan fingerprint density at radius 3 is 2.60 bits per heavy atom. The Morgan fingerprint density at radius 2 is 1.86 bits per heavy atom. The van der Waals surface area contributed by atoms with Crippen molar-refractivity contribution >= 4 is 34.7 Å². The second kappa shape index (κ2) is 10.2. The Hall–Kier alpha value is -4.84. The molecule has 1 atom stereocenters. The Balaban J connectivity index is 1.24. The van der Waals surface area contributed by atoms with E-state index >= 15 is 0 Å². The van der Waals surface area contributed by atoms with E-state index in [0.717, 1.165) is 46.1 Å². The number of carbonyl (C=O) groups is 1. The molecule has 2 aliphatic rings. The lowest BCUT2D eigenvalue weighted by molar-refractivity contribution is -0.116. The van der Waals surface area contributed by atoms with Gasteiger partial charge in [-0.15, -0.1) is 16.4 Å². The zero-order valence-corrected chi connectivity index (χ0v) is 23.6. The molecular formula is C30H25FN8O2S. The first kappa shape index (κ1) is 26.1. The van der Waals surface area contributed by atoms with Crippen molar-refractivity contribution in [3.05, 3.63) is 88.7 Å². The SMILES string of the molecule is CCc1ncc(-c2sc(C3(C)CC3)nc2-c2nnc(N[C@H]3N=C(c4ccccc4)c4cccc(F)c4NC3=O)o2)cn1. The fourth-order valence-electron chi connectivity index (χ4n) is 4.69. The van der Waals surface area contributed by atoms with Crippen LogP contribution in [0.15, 0.2) is 70.3 Å². The minimum Gasteiger partial charge on any atom is -0.402 e. The van der Waals surface area contributed by atoms with Crippen LogP contribution in [0.2, 0.25) is 0 Å². The number of carbonyl (C=O) groups excluding carboxylic acids is 1. The highest BCUT2D eigenvalue weighted by atomic mass is 32.1. The number of anilines is 2. The number of halogens is 1. The molecule has 0 saturated heterocycles. The third-order valence-electron chi connectivity index (χ3n) is 7.39. The summed E-state index contributed by atoms with van der Waals surface area (Å²) < 4.78 is 20.8. The number of thiazole rings is 1. The minimum atomic E-state index is -1.17. The first-order chi connectivity index (χ1) is 20.4. The largest absolute Gasteiger partial charge is 0.402 e. The molecular weight excluding hydrogens is 555 g/mol. The standard InChI is InChI=1S/C30H25FN8O2S/c1-3-20-32-14-17(15-33-20)24-23(36-28(42-24)30(2)12-13-30)27-38-39-29(41-27)37-25-26(40)35-22-18(10-7-11-19(22)31)21(34-25)16-8-5-4-6-9-16/h4-11,14-15,25H,3,12-13H2,1-2H3,(H,35,40)(H,37,39)/t25-/m1/s1. The van der Waals surface area contributed by atoms with Crippen LogP contribution in [0, 0.1) is 5.82 Å². The van der Waals surface area contributed by atoms with Crippen LogP contribution in [0.4, 0.5) is 16.1 Å². The predicted octanol–water partition coefficient (Wildman–Crippen LogP) is 5.63. The van der Waals surface area contributed by atoms with Gasteiger partial charge >= 0.3 is 6.01 Å². The van der Waals surface area contributed by atoms with Gasteiger partial charge in [-0.25, -0.2) is 24.3 Å². The van der Waals surface area contributed by atoms with Crippen molar-refractivity contribution in [3.8, 4) is 22.0 Å². The number of benzene rings is 2. The van der Waals surface area contributed by atoms with E-state index in [0.29, 0.717) is 17.0 Å². The number of aryl methyl sites for hydroxylation is 1. The lowest BCUT2D eigenvalue weighted by atomic mass is 10.0. The quantitative estimate of drug-likeness (QED) is 0.253. The van der Waals surface area contributed by atoms with Crippen LogP contribution < -0.4 is 10.6 Å². The molecule has 4 heterocycles. The van der Waals surface area contributed by atoms with E-state index in [1.54, 1.807) is 35.9 Å². The normalized spacial score (nSPS) is 17.2. The van der Waals surface area contributed by atoms with E-state index in [1.807, 2.05) is 37.3 Å². The van der Waals surface area contributed by atoms with Crippen LogP contribution in [-0.4, -0.2) is 42.9 Å². The molecule has 210 valence electrons. The summed E-state index contributed by atoms with van der Waals surface area (Å²) in [4.78, 5) is 32.6. The number of hydrogen-bond donors (Lipinski definition) is 2. The van der Waals surface area contributed by atoms with Crippen molar-refractivity contribution in [2.75, 3.05) is 10.6 Å². The number of para-hydroxylation sites is 1. The summed E-state index contributed by atoms with van der Waals surface area (Å²) in [7, 11) is 0. The molecule has 3 aromatic heterocycles. The van der Waals surface area contributed by atoms with E-state index < -0.39 is 17.9 Å². The average Bonchev–Trinajstić information content (AvgIpc) is 3.40. The summed E-state index contributed by atoms with van der Waals surface area (Å²) in [5.41, 5.74) is 3.06. The summed E-state index contributed by atoms with van der Waals surface area (Å²) in [6, 6.07) is 13.9. The Kier molecular flexibility index (Phi) is 6.34. The minimum absolute atomic E-state index is 0.0221. The van der Waals surface area contributed by atoms with Gasteiger partial charge < -0.3 is 15.1 Å². The number of fused-ring (bicyclic) bond motifs is 1. The maximum atomic E-state index is 14.8. The fourth-order valence-corrected chi connectivity index (χ4v) is 5.92. The highest BCUT2D eigenvalue weighted by Gasteiger charge is 2.43. The maximum absolute atomic E-state index is 14.8. The zero-order chi connectivity index (χ0) is 28.8. The van der Waals surface area contributed by atoms with Gasteiger partial charge in [-0.1, -0.05) is 61.4 Å². The number of aliphatic imine (C=N–C) groups is 1. The average molecular weight is 581 g/mol. The summed E-state index contributed by atoms with van der Waals surface area (Å²) >= 11 is 1.57. The van der Waals surface area contributed by atoms with E-state index in [-0.39, 0.29) is 23.0 Å². The van der Waals surface area contributed by atoms with Crippen molar-refractivity contribution < 1.29 is 13.6 Å². The lowest BCUT2D eigenvalue weighted by Gasteiger charge is -2.11. The number of rotatable bonds is 7. The summed E-state index contributed by atoms with van der Waals surface area (Å²) in [6.07, 6.45) is 5.24. The molecule has 1 aliphatic heterocycles. The summed E-state index contributed by atoms with van der Waals surface area (Å²) in [5.74, 6) is -0.187. The van der Waals surface area contributed by atoms with E-state index in [1.165, 1.54) is 6.07 Å². The molecule has 0 radical (unpaired) electrons. The van der Waals surface area contributed by atoms with Crippen LogP contribution in [0.25, 0.3) is 22.0 Å². The van der Waals surface area contributed by atoms with Crippen LogP contribution in [0.3, 0.4) is 0 Å². The van der Waals surface area contributed by atoms with Crippen LogP contribution in [0.5, 0.6) is 0 Å². The molecule has 10 nitrogen and oxygen atoms in total. The number of benzodiazepines with no additional fused rings is 1. The smallest absolute Gasteiger partial charge is 0.317 e. The Morgan fingerprint density at radius 1 is 1.07 bits per heavy atom. The zero-order valence-electron chi connectivity index (χ0n) is 22.8. The molecule has 0 spiro atoms. The van der Waals surface area contributed by atoms with Crippen molar-refractivity contribution in [2.24, 2.45) is 4.99 Å². The van der Waals surface area contributed by atoms with Gasteiger partial charge in [0.1, 0.15) is 17.3 Å². The van der Waals surface area contributed by atoms with Gasteiger partial charge in [0.15, 0.2) is 0 Å². The number of hydrogen-bond acceptors (Lipinski definition) is 10. The van der Waals surface area contributed by atoms with Gasteiger partial charge in [0.25, 0.3) is 11.8 Å². The number of aromatic nitrogens is 5. The molecule has 2 N–H and O–H groups in total.